The van der Waals surface area contributed by atoms with Crippen LogP contribution in [0.3, 0.4) is 0 Å². The Morgan fingerprint density at radius 1 is 1.43 bits per heavy atom. The van der Waals surface area contributed by atoms with Crippen LogP contribution >= 0.6 is 22.9 Å². The van der Waals surface area contributed by atoms with E-state index in [4.69, 9.17) is 21.6 Å². The van der Waals surface area contributed by atoms with Gasteiger partial charge in [-0.3, -0.25) is 0 Å². The third-order valence-corrected chi connectivity index (χ3v) is 3.20. The van der Waals surface area contributed by atoms with Crippen LogP contribution in [0, 0.1) is 5.82 Å². The van der Waals surface area contributed by atoms with Gasteiger partial charge in [-0.15, -0.1) is 11.3 Å². The van der Waals surface area contributed by atoms with E-state index in [9.17, 15) is 4.39 Å². The smallest absolute Gasteiger partial charge is 0.423 e. The topological polar surface area (TPSA) is 40.5 Å². The van der Waals surface area contributed by atoms with Crippen molar-refractivity contribution in [3.05, 3.63) is 28.4 Å². The first-order chi connectivity index (χ1) is 6.61. The van der Waals surface area contributed by atoms with Crippen molar-refractivity contribution < 1.29 is 14.4 Å². The fraction of sp³-hybridized carbons (Fsp3) is 0. The van der Waals surface area contributed by atoms with Gasteiger partial charge in [0.25, 0.3) is 0 Å². The van der Waals surface area contributed by atoms with Crippen molar-refractivity contribution in [2.75, 3.05) is 0 Å². The summed E-state index contributed by atoms with van der Waals surface area (Å²) in [4.78, 5) is 0. The van der Waals surface area contributed by atoms with E-state index >= 15 is 0 Å². The van der Waals surface area contributed by atoms with Crippen LogP contribution in [0.5, 0.6) is 0 Å². The molecule has 0 saturated carbocycles. The highest BCUT2D eigenvalue weighted by molar-refractivity contribution is 7.17. The molecule has 2 aromatic rings. The van der Waals surface area contributed by atoms with Gasteiger partial charge in [-0.25, -0.2) is 4.39 Å². The highest BCUT2D eigenvalue weighted by Gasteiger charge is 2.22. The molecule has 0 unspecified atom stereocenters. The molecule has 0 fully saturated rings. The summed E-state index contributed by atoms with van der Waals surface area (Å²) < 4.78 is 13.8. The minimum absolute atomic E-state index is 0.0305. The molecular weight excluding hydrogens is 225 g/mol. The lowest BCUT2D eigenvalue weighted by molar-refractivity contribution is 0.426. The lowest BCUT2D eigenvalue weighted by Gasteiger charge is -2.05. The van der Waals surface area contributed by atoms with Crippen LogP contribution in [-0.4, -0.2) is 17.2 Å². The molecule has 0 bridgehead atoms. The molecule has 2 rings (SSSR count). The molecule has 2 nitrogen and oxygen atoms in total. The van der Waals surface area contributed by atoms with Crippen LogP contribution < -0.4 is 5.46 Å². The quantitative estimate of drug-likeness (QED) is 0.727. The molecule has 72 valence electrons. The predicted octanol–water partition coefficient (Wildman–Crippen LogP) is 1.37. The molecule has 14 heavy (non-hydrogen) atoms. The molecule has 0 spiro atoms. The zero-order chi connectivity index (χ0) is 10.3. The standard InChI is InChI=1S/C8H5BClFO2S/c10-8-5(11)3-6-4(1-2-14-6)7(8)9(12)13/h1-3,12-13H. The Hall–Kier alpha value is -0.615. The van der Waals surface area contributed by atoms with Crippen LogP contribution in [0.4, 0.5) is 4.39 Å². The number of rotatable bonds is 1. The zero-order valence-electron chi connectivity index (χ0n) is 6.87. The third kappa shape index (κ3) is 1.42. The van der Waals surface area contributed by atoms with Crippen LogP contribution in [0.15, 0.2) is 17.5 Å². The molecule has 0 amide bonds. The van der Waals surface area contributed by atoms with E-state index < -0.39 is 12.9 Å². The second-order valence-corrected chi connectivity index (χ2v) is 4.12. The Bertz CT molecular complexity index is 485. The number of halogens is 2. The Labute approximate surface area is 88.7 Å². The Kier molecular flexibility index (Phi) is 2.49. The maximum atomic E-state index is 13.2. The van der Waals surface area contributed by atoms with Gasteiger partial charge in [-0.2, -0.15) is 0 Å². The molecule has 0 aliphatic heterocycles. The van der Waals surface area contributed by atoms with Gasteiger partial charge in [0.05, 0.1) is 5.02 Å². The second-order valence-electron chi connectivity index (χ2n) is 2.79. The maximum Gasteiger partial charge on any atom is 0.490 e. The molecular formula is C8H5BClFO2S. The van der Waals surface area contributed by atoms with Crippen LogP contribution in [0.1, 0.15) is 0 Å². The SMILES string of the molecule is OB(O)c1c(Cl)c(F)cc2sccc12. The Balaban J connectivity index is 2.86. The summed E-state index contributed by atoms with van der Waals surface area (Å²) in [5.74, 6) is -0.635. The molecule has 1 heterocycles. The van der Waals surface area contributed by atoms with Gasteiger partial charge in [0.2, 0.25) is 0 Å². The van der Waals surface area contributed by atoms with E-state index in [1.807, 2.05) is 0 Å². The van der Waals surface area contributed by atoms with Crippen LogP contribution in [-0.2, 0) is 0 Å². The van der Waals surface area contributed by atoms with Crippen molar-refractivity contribution in [3.63, 3.8) is 0 Å². The predicted molar refractivity (Wildman–Crippen MR) is 56.6 cm³/mol. The van der Waals surface area contributed by atoms with Crippen molar-refractivity contribution in [2.24, 2.45) is 0 Å². The van der Waals surface area contributed by atoms with Gasteiger partial charge in [0.1, 0.15) is 5.82 Å². The first kappa shape index (κ1) is 9.92. The first-order valence-electron chi connectivity index (χ1n) is 3.82. The van der Waals surface area contributed by atoms with Gasteiger partial charge < -0.3 is 10.0 Å². The average Bonchev–Trinajstić information content (AvgIpc) is 2.52. The molecule has 0 aliphatic carbocycles. The van der Waals surface area contributed by atoms with Crippen molar-refractivity contribution in [1.29, 1.82) is 0 Å². The summed E-state index contributed by atoms with van der Waals surface area (Å²) in [7, 11) is -1.75. The second kappa shape index (κ2) is 3.51. The van der Waals surface area contributed by atoms with Crippen LogP contribution in [0.25, 0.3) is 10.1 Å². The Morgan fingerprint density at radius 2 is 2.14 bits per heavy atom. The number of fused-ring (bicyclic) bond motifs is 1. The van der Waals surface area contributed by atoms with Crippen molar-refractivity contribution in [2.45, 2.75) is 0 Å². The van der Waals surface area contributed by atoms with Crippen molar-refractivity contribution in [1.82, 2.24) is 0 Å². The van der Waals surface area contributed by atoms with Gasteiger partial charge in [-0.05, 0) is 22.9 Å². The molecule has 2 N–H and O–H groups in total. The third-order valence-electron chi connectivity index (χ3n) is 1.95. The molecule has 0 atom stereocenters. The van der Waals surface area contributed by atoms with E-state index in [1.54, 1.807) is 11.4 Å². The summed E-state index contributed by atoms with van der Waals surface area (Å²) in [5.41, 5.74) is 0.0305. The largest absolute Gasteiger partial charge is 0.490 e. The zero-order valence-corrected chi connectivity index (χ0v) is 8.44. The van der Waals surface area contributed by atoms with E-state index in [0.717, 1.165) is 0 Å². The number of hydrogen-bond acceptors (Lipinski definition) is 3. The minimum atomic E-state index is -1.75. The molecule has 0 radical (unpaired) electrons. The number of hydrogen-bond donors (Lipinski definition) is 2. The Morgan fingerprint density at radius 3 is 2.79 bits per heavy atom. The van der Waals surface area contributed by atoms with E-state index in [-0.39, 0.29) is 10.5 Å². The van der Waals surface area contributed by atoms with Gasteiger partial charge in [0, 0.05) is 10.2 Å². The van der Waals surface area contributed by atoms with Crippen LogP contribution in [0.2, 0.25) is 5.02 Å². The number of benzene rings is 1. The minimum Gasteiger partial charge on any atom is -0.423 e. The fourth-order valence-electron chi connectivity index (χ4n) is 1.33. The van der Waals surface area contributed by atoms with Gasteiger partial charge >= 0.3 is 7.12 Å². The lowest BCUT2D eigenvalue weighted by Crippen LogP contribution is -2.31. The van der Waals surface area contributed by atoms with E-state index in [2.05, 4.69) is 0 Å². The van der Waals surface area contributed by atoms with Gasteiger partial charge in [-0.1, -0.05) is 11.6 Å². The first-order valence-corrected chi connectivity index (χ1v) is 5.08. The highest BCUT2D eigenvalue weighted by atomic mass is 35.5. The van der Waals surface area contributed by atoms with Crippen molar-refractivity contribution >= 4 is 45.6 Å². The molecule has 0 aliphatic rings. The van der Waals surface area contributed by atoms with Crippen molar-refractivity contribution in [3.8, 4) is 0 Å². The molecule has 0 saturated heterocycles. The van der Waals surface area contributed by atoms with Gasteiger partial charge in [0.15, 0.2) is 0 Å². The maximum absolute atomic E-state index is 13.2. The number of thiophene rings is 1. The summed E-state index contributed by atoms with van der Waals surface area (Å²) in [6, 6.07) is 2.97. The molecule has 1 aromatic carbocycles. The van der Waals surface area contributed by atoms with E-state index in [1.165, 1.54) is 17.4 Å². The molecule has 6 heteroatoms. The summed E-state index contributed by atoms with van der Waals surface area (Å²) in [6.07, 6.45) is 0. The monoisotopic (exact) mass is 230 g/mol. The fourth-order valence-corrected chi connectivity index (χ4v) is 2.41. The highest BCUT2D eigenvalue weighted by Crippen LogP contribution is 2.25. The summed E-state index contributed by atoms with van der Waals surface area (Å²) in [5, 5.41) is 20.2. The normalized spacial score (nSPS) is 10.9. The summed E-state index contributed by atoms with van der Waals surface area (Å²) in [6.45, 7) is 0. The molecule has 1 aromatic heterocycles. The average molecular weight is 230 g/mol. The van der Waals surface area contributed by atoms with E-state index in [0.29, 0.717) is 10.1 Å². The summed E-state index contributed by atoms with van der Waals surface area (Å²) >= 11 is 6.95. The lowest BCUT2D eigenvalue weighted by atomic mass is 9.78.